The Balaban J connectivity index is 1.57. The molecule has 2 heterocycles. The fourth-order valence-corrected chi connectivity index (χ4v) is 3.74. The average Bonchev–Trinajstić information content (AvgIpc) is 2.90. The molecule has 0 aliphatic heterocycles. The van der Waals surface area contributed by atoms with E-state index in [9.17, 15) is 4.79 Å². The molecule has 1 fully saturated rings. The predicted molar refractivity (Wildman–Crippen MR) is 102 cm³/mol. The first kappa shape index (κ1) is 17.0. The summed E-state index contributed by atoms with van der Waals surface area (Å²) in [5.41, 5.74) is 2.15. The summed E-state index contributed by atoms with van der Waals surface area (Å²) in [5, 5.41) is 12.3. The summed E-state index contributed by atoms with van der Waals surface area (Å²) in [5.74, 6) is 0.671. The summed E-state index contributed by atoms with van der Waals surface area (Å²) in [6.45, 7) is 0. The number of fused-ring (bicyclic) bond motifs is 1. The highest BCUT2D eigenvalue weighted by atomic mass is 35.5. The van der Waals surface area contributed by atoms with Crippen LogP contribution in [-0.4, -0.2) is 26.5 Å². The zero-order valence-corrected chi connectivity index (χ0v) is 15.2. The van der Waals surface area contributed by atoms with Crippen LogP contribution >= 0.6 is 11.6 Å². The highest BCUT2D eigenvalue weighted by Crippen LogP contribution is 2.22. The van der Waals surface area contributed by atoms with Crippen LogP contribution in [0.1, 0.15) is 48.9 Å². The first-order chi connectivity index (χ1) is 12.7. The van der Waals surface area contributed by atoms with E-state index in [1.165, 1.54) is 25.7 Å². The molecule has 5 nitrogen and oxygen atoms in total. The molecule has 26 heavy (non-hydrogen) atoms. The number of halogens is 1. The molecule has 0 spiro atoms. The van der Waals surface area contributed by atoms with Gasteiger partial charge in [0, 0.05) is 28.4 Å². The number of rotatable bonds is 3. The number of hydrogen-bond donors (Lipinski definition) is 1. The standard InChI is InChI=1S/C20H21ClN4O/c21-16-7-5-6-14(12-16)19-24-23-18-13-15(10-11-25(18)19)20(26)22-17-8-3-1-2-4-9-17/h5-7,10-13,17H,1-4,8-9H2,(H,22,26). The van der Waals surface area contributed by atoms with Gasteiger partial charge in [-0.15, -0.1) is 10.2 Å². The second-order valence-electron chi connectivity index (χ2n) is 6.84. The van der Waals surface area contributed by atoms with E-state index in [-0.39, 0.29) is 11.9 Å². The smallest absolute Gasteiger partial charge is 0.251 e. The van der Waals surface area contributed by atoms with E-state index in [2.05, 4.69) is 15.5 Å². The number of carbonyl (C=O) groups is 1. The van der Waals surface area contributed by atoms with Gasteiger partial charge in [-0.25, -0.2) is 0 Å². The maximum absolute atomic E-state index is 12.6. The molecule has 1 N–H and O–H groups in total. The molecule has 0 atom stereocenters. The molecule has 1 aliphatic rings. The topological polar surface area (TPSA) is 59.3 Å². The first-order valence-electron chi connectivity index (χ1n) is 9.12. The number of hydrogen-bond acceptors (Lipinski definition) is 3. The second-order valence-corrected chi connectivity index (χ2v) is 7.28. The van der Waals surface area contributed by atoms with Gasteiger partial charge in [-0.05, 0) is 37.1 Å². The van der Waals surface area contributed by atoms with Crippen molar-refractivity contribution in [1.82, 2.24) is 19.9 Å². The van der Waals surface area contributed by atoms with E-state index in [0.29, 0.717) is 22.1 Å². The van der Waals surface area contributed by atoms with E-state index < -0.39 is 0 Å². The van der Waals surface area contributed by atoms with Crippen molar-refractivity contribution in [2.24, 2.45) is 0 Å². The molecule has 1 amide bonds. The Morgan fingerprint density at radius 1 is 1.08 bits per heavy atom. The summed E-state index contributed by atoms with van der Waals surface area (Å²) in [6, 6.07) is 11.4. The molecule has 0 saturated heterocycles. The maximum atomic E-state index is 12.6. The van der Waals surface area contributed by atoms with Crippen LogP contribution in [0, 0.1) is 0 Å². The number of benzene rings is 1. The fraction of sp³-hybridized carbons (Fsp3) is 0.350. The molecule has 1 aliphatic carbocycles. The Kier molecular flexibility index (Phi) is 4.89. The molecule has 3 aromatic rings. The van der Waals surface area contributed by atoms with E-state index in [1.54, 1.807) is 6.07 Å². The molecule has 134 valence electrons. The normalized spacial score (nSPS) is 15.7. The SMILES string of the molecule is O=C(NC1CCCCCC1)c1ccn2c(-c3cccc(Cl)c3)nnc2c1. The largest absolute Gasteiger partial charge is 0.349 e. The van der Waals surface area contributed by atoms with Crippen molar-refractivity contribution in [2.75, 3.05) is 0 Å². The van der Waals surface area contributed by atoms with Gasteiger partial charge in [0.05, 0.1) is 0 Å². The maximum Gasteiger partial charge on any atom is 0.251 e. The third-order valence-electron chi connectivity index (χ3n) is 4.95. The van der Waals surface area contributed by atoms with Crippen LogP contribution in [0.3, 0.4) is 0 Å². The predicted octanol–water partition coefficient (Wildman–Crippen LogP) is 4.50. The fourth-order valence-electron chi connectivity index (χ4n) is 3.55. The van der Waals surface area contributed by atoms with Crippen molar-refractivity contribution in [3.8, 4) is 11.4 Å². The Bertz CT molecular complexity index is 928. The van der Waals surface area contributed by atoms with E-state index in [4.69, 9.17) is 11.6 Å². The number of nitrogens with zero attached hydrogens (tertiary/aromatic N) is 3. The minimum Gasteiger partial charge on any atom is -0.349 e. The third-order valence-corrected chi connectivity index (χ3v) is 5.18. The molecule has 2 aromatic heterocycles. The van der Waals surface area contributed by atoms with Crippen LogP contribution in [0.4, 0.5) is 0 Å². The Labute approximate surface area is 157 Å². The quantitative estimate of drug-likeness (QED) is 0.692. The summed E-state index contributed by atoms with van der Waals surface area (Å²) in [7, 11) is 0. The van der Waals surface area contributed by atoms with Gasteiger partial charge < -0.3 is 5.32 Å². The van der Waals surface area contributed by atoms with E-state index >= 15 is 0 Å². The molecule has 1 saturated carbocycles. The molecule has 0 bridgehead atoms. The van der Waals surface area contributed by atoms with E-state index in [0.717, 1.165) is 18.4 Å². The van der Waals surface area contributed by atoms with Gasteiger partial charge in [-0.1, -0.05) is 49.4 Å². The van der Waals surface area contributed by atoms with Crippen molar-refractivity contribution in [3.05, 3.63) is 53.2 Å². The van der Waals surface area contributed by atoms with Crippen LogP contribution in [0.25, 0.3) is 17.0 Å². The lowest BCUT2D eigenvalue weighted by Crippen LogP contribution is -2.34. The number of nitrogens with one attached hydrogen (secondary N) is 1. The molecular formula is C20H21ClN4O. The van der Waals surface area contributed by atoms with Gasteiger partial charge in [-0.3, -0.25) is 9.20 Å². The average molecular weight is 369 g/mol. The van der Waals surface area contributed by atoms with Gasteiger partial charge in [0.15, 0.2) is 11.5 Å². The van der Waals surface area contributed by atoms with E-state index in [1.807, 2.05) is 40.9 Å². The summed E-state index contributed by atoms with van der Waals surface area (Å²) in [6.07, 6.45) is 8.90. The first-order valence-corrected chi connectivity index (χ1v) is 9.50. The lowest BCUT2D eigenvalue weighted by Gasteiger charge is -2.16. The number of pyridine rings is 1. The van der Waals surface area contributed by atoms with Gasteiger partial charge in [0.25, 0.3) is 5.91 Å². The van der Waals surface area contributed by atoms with Crippen LogP contribution in [0.2, 0.25) is 5.02 Å². The number of carbonyl (C=O) groups excluding carboxylic acids is 1. The third kappa shape index (κ3) is 3.58. The van der Waals surface area contributed by atoms with Crippen molar-refractivity contribution in [2.45, 2.75) is 44.6 Å². The van der Waals surface area contributed by atoms with Crippen molar-refractivity contribution in [1.29, 1.82) is 0 Å². The number of amides is 1. The Hall–Kier alpha value is -2.40. The van der Waals surface area contributed by atoms with Gasteiger partial charge in [0.2, 0.25) is 0 Å². The highest BCUT2D eigenvalue weighted by molar-refractivity contribution is 6.30. The molecular weight excluding hydrogens is 348 g/mol. The second kappa shape index (κ2) is 7.46. The van der Waals surface area contributed by atoms with Crippen LogP contribution in [-0.2, 0) is 0 Å². The molecule has 0 radical (unpaired) electrons. The lowest BCUT2D eigenvalue weighted by molar-refractivity contribution is 0.0933. The molecule has 1 aromatic carbocycles. The highest BCUT2D eigenvalue weighted by Gasteiger charge is 2.17. The zero-order chi connectivity index (χ0) is 17.9. The minimum absolute atomic E-state index is 0.0355. The summed E-state index contributed by atoms with van der Waals surface area (Å²) >= 11 is 6.07. The Morgan fingerprint density at radius 2 is 1.88 bits per heavy atom. The van der Waals surface area contributed by atoms with Crippen LogP contribution in [0.5, 0.6) is 0 Å². The zero-order valence-electron chi connectivity index (χ0n) is 14.5. The summed E-state index contributed by atoms with van der Waals surface area (Å²) < 4.78 is 1.87. The van der Waals surface area contributed by atoms with Crippen molar-refractivity contribution in [3.63, 3.8) is 0 Å². The monoisotopic (exact) mass is 368 g/mol. The van der Waals surface area contributed by atoms with Crippen molar-refractivity contribution < 1.29 is 4.79 Å². The van der Waals surface area contributed by atoms with Gasteiger partial charge in [-0.2, -0.15) is 0 Å². The van der Waals surface area contributed by atoms with Crippen LogP contribution in [0.15, 0.2) is 42.6 Å². The lowest BCUT2D eigenvalue weighted by atomic mass is 10.1. The van der Waals surface area contributed by atoms with Gasteiger partial charge in [0.1, 0.15) is 0 Å². The molecule has 0 unspecified atom stereocenters. The number of aromatic nitrogens is 3. The van der Waals surface area contributed by atoms with Crippen molar-refractivity contribution >= 4 is 23.2 Å². The molecule has 6 heteroatoms. The van der Waals surface area contributed by atoms with Crippen LogP contribution < -0.4 is 5.32 Å². The molecule has 4 rings (SSSR count). The van der Waals surface area contributed by atoms with Gasteiger partial charge >= 0.3 is 0 Å². The minimum atomic E-state index is -0.0355. The summed E-state index contributed by atoms with van der Waals surface area (Å²) in [4.78, 5) is 12.6. The Morgan fingerprint density at radius 3 is 2.65 bits per heavy atom.